The number of H-pyrrole nitrogens is 1. The first-order valence-corrected chi connectivity index (χ1v) is 7.77. The van der Waals surface area contributed by atoms with Gasteiger partial charge in [0.25, 0.3) is 0 Å². The van der Waals surface area contributed by atoms with E-state index in [-0.39, 0.29) is 11.7 Å². The minimum atomic E-state index is -0.586. The summed E-state index contributed by atoms with van der Waals surface area (Å²) in [7, 11) is 0. The van der Waals surface area contributed by atoms with Gasteiger partial charge in [0.2, 0.25) is 0 Å². The van der Waals surface area contributed by atoms with Crippen molar-refractivity contribution in [2.45, 2.75) is 57.8 Å². The number of para-hydroxylation sites is 1. The normalized spacial score (nSPS) is 23.2. The Labute approximate surface area is 124 Å². The van der Waals surface area contributed by atoms with Crippen molar-refractivity contribution < 1.29 is 5.11 Å². The van der Waals surface area contributed by atoms with Gasteiger partial charge in [-0.25, -0.2) is 4.79 Å². The standard InChI is InChI=1S/C16H23N3O2/c1-3-5-10(2)17-13-8-9-19-14-11(15(13)20)6-4-7-12(14)18-16(19)21/h4,6-7,10,13,15,17,20H,3,5,8-9H2,1-2H3,(H,18,21)/t10-,13-,15-/m1/s1. The smallest absolute Gasteiger partial charge is 0.326 e. The Morgan fingerprint density at radius 3 is 3.10 bits per heavy atom. The molecule has 0 bridgehead atoms. The average molecular weight is 289 g/mol. The van der Waals surface area contributed by atoms with Gasteiger partial charge >= 0.3 is 5.69 Å². The van der Waals surface area contributed by atoms with E-state index in [2.05, 4.69) is 24.1 Å². The minimum absolute atomic E-state index is 0.0172. The first-order valence-electron chi connectivity index (χ1n) is 7.77. The highest BCUT2D eigenvalue weighted by atomic mass is 16.3. The summed E-state index contributed by atoms with van der Waals surface area (Å²) < 4.78 is 1.75. The van der Waals surface area contributed by atoms with Gasteiger partial charge in [-0.05, 0) is 25.8 Å². The summed E-state index contributed by atoms with van der Waals surface area (Å²) in [6.45, 7) is 4.94. The second kappa shape index (κ2) is 5.66. The average Bonchev–Trinajstić information content (AvgIpc) is 2.70. The molecule has 3 rings (SSSR count). The summed E-state index contributed by atoms with van der Waals surface area (Å²) in [5, 5.41) is 14.3. The first-order chi connectivity index (χ1) is 10.1. The van der Waals surface area contributed by atoms with Gasteiger partial charge in [-0.3, -0.25) is 4.57 Å². The van der Waals surface area contributed by atoms with Crippen molar-refractivity contribution in [2.75, 3.05) is 0 Å². The molecule has 1 aliphatic rings. The van der Waals surface area contributed by atoms with E-state index in [0.717, 1.165) is 35.9 Å². The lowest BCUT2D eigenvalue weighted by Gasteiger charge is -2.26. The second-order valence-electron chi connectivity index (χ2n) is 6.02. The molecule has 5 nitrogen and oxygen atoms in total. The molecule has 3 atom stereocenters. The molecule has 1 aliphatic heterocycles. The maximum Gasteiger partial charge on any atom is 0.326 e. The highest BCUT2D eigenvalue weighted by molar-refractivity contribution is 5.79. The number of hydrogen-bond donors (Lipinski definition) is 3. The second-order valence-corrected chi connectivity index (χ2v) is 6.02. The van der Waals surface area contributed by atoms with Crippen LogP contribution in [0.15, 0.2) is 23.0 Å². The van der Waals surface area contributed by atoms with Gasteiger partial charge < -0.3 is 15.4 Å². The van der Waals surface area contributed by atoms with Gasteiger partial charge in [0.1, 0.15) is 0 Å². The van der Waals surface area contributed by atoms with Gasteiger partial charge in [0.15, 0.2) is 0 Å². The van der Waals surface area contributed by atoms with Crippen LogP contribution in [-0.2, 0) is 6.54 Å². The molecule has 0 spiro atoms. The van der Waals surface area contributed by atoms with Crippen molar-refractivity contribution in [3.05, 3.63) is 34.2 Å². The zero-order valence-corrected chi connectivity index (χ0v) is 12.6. The predicted molar refractivity (Wildman–Crippen MR) is 83.4 cm³/mol. The van der Waals surface area contributed by atoms with Crippen LogP contribution in [0.2, 0.25) is 0 Å². The molecule has 114 valence electrons. The van der Waals surface area contributed by atoms with Crippen molar-refractivity contribution in [3.63, 3.8) is 0 Å². The molecule has 0 amide bonds. The molecule has 1 aromatic carbocycles. The van der Waals surface area contributed by atoms with Crippen molar-refractivity contribution in [1.82, 2.24) is 14.9 Å². The van der Waals surface area contributed by atoms with Crippen LogP contribution in [-0.4, -0.2) is 26.7 Å². The summed E-state index contributed by atoms with van der Waals surface area (Å²) in [4.78, 5) is 14.9. The highest BCUT2D eigenvalue weighted by Gasteiger charge is 2.28. The van der Waals surface area contributed by atoms with E-state index >= 15 is 0 Å². The maximum atomic E-state index is 12.1. The van der Waals surface area contributed by atoms with Gasteiger partial charge in [-0.2, -0.15) is 0 Å². The number of imidazole rings is 1. The Kier molecular flexibility index (Phi) is 3.87. The van der Waals surface area contributed by atoms with Gasteiger partial charge in [0, 0.05) is 24.2 Å². The molecule has 3 N–H and O–H groups in total. The third-order valence-electron chi connectivity index (χ3n) is 4.41. The molecular weight excluding hydrogens is 266 g/mol. The van der Waals surface area contributed by atoms with Crippen molar-refractivity contribution in [3.8, 4) is 0 Å². The fraction of sp³-hybridized carbons (Fsp3) is 0.562. The van der Waals surface area contributed by atoms with Crippen molar-refractivity contribution >= 4 is 11.0 Å². The van der Waals surface area contributed by atoms with E-state index in [4.69, 9.17) is 0 Å². The summed E-state index contributed by atoms with van der Waals surface area (Å²) in [6.07, 6.45) is 2.36. The van der Waals surface area contributed by atoms with Crippen LogP contribution in [0.5, 0.6) is 0 Å². The molecule has 0 fully saturated rings. The number of aliphatic hydroxyl groups is 1. The van der Waals surface area contributed by atoms with E-state index in [9.17, 15) is 9.90 Å². The third-order valence-corrected chi connectivity index (χ3v) is 4.41. The Hall–Kier alpha value is -1.59. The zero-order chi connectivity index (χ0) is 15.0. The van der Waals surface area contributed by atoms with E-state index in [1.54, 1.807) is 4.57 Å². The fourth-order valence-electron chi connectivity index (χ4n) is 3.40. The van der Waals surface area contributed by atoms with Crippen LogP contribution < -0.4 is 11.0 Å². The monoisotopic (exact) mass is 289 g/mol. The number of aryl methyl sites for hydroxylation is 1. The lowest BCUT2D eigenvalue weighted by atomic mass is 9.98. The number of nitrogens with zero attached hydrogens (tertiary/aromatic N) is 1. The van der Waals surface area contributed by atoms with Gasteiger partial charge in [0.05, 0.1) is 17.1 Å². The van der Waals surface area contributed by atoms with E-state index in [0.29, 0.717) is 12.6 Å². The molecule has 0 aliphatic carbocycles. The number of benzene rings is 1. The van der Waals surface area contributed by atoms with E-state index < -0.39 is 6.10 Å². The molecule has 5 heteroatoms. The number of rotatable bonds is 4. The Bertz CT molecular complexity index is 688. The third kappa shape index (κ3) is 2.51. The molecule has 2 aromatic rings. The fourth-order valence-corrected chi connectivity index (χ4v) is 3.40. The molecule has 2 heterocycles. The van der Waals surface area contributed by atoms with E-state index in [1.165, 1.54) is 0 Å². The number of hydrogen-bond acceptors (Lipinski definition) is 3. The summed E-state index contributed by atoms with van der Waals surface area (Å²) >= 11 is 0. The van der Waals surface area contributed by atoms with Crippen LogP contribution in [0.4, 0.5) is 0 Å². The molecule has 0 unspecified atom stereocenters. The first kappa shape index (κ1) is 14.4. The Morgan fingerprint density at radius 2 is 2.33 bits per heavy atom. The quantitative estimate of drug-likeness (QED) is 0.805. The Morgan fingerprint density at radius 1 is 1.52 bits per heavy atom. The maximum absolute atomic E-state index is 12.1. The summed E-state index contributed by atoms with van der Waals surface area (Å²) in [5.41, 5.74) is 2.40. The topological polar surface area (TPSA) is 70.0 Å². The molecule has 0 radical (unpaired) electrons. The number of nitrogens with one attached hydrogen (secondary N) is 2. The molecule has 21 heavy (non-hydrogen) atoms. The van der Waals surface area contributed by atoms with Crippen LogP contribution in [0, 0.1) is 0 Å². The lowest BCUT2D eigenvalue weighted by molar-refractivity contribution is 0.118. The largest absolute Gasteiger partial charge is 0.387 e. The van der Waals surface area contributed by atoms with Crippen molar-refractivity contribution in [1.29, 1.82) is 0 Å². The minimum Gasteiger partial charge on any atom is -0.387 e. The van der Waals surface area contributed by atoms with Crippen LogP contribution >= 0.6 is 0 Å². The molecular formula is C16H23N3O2. The molecule has 1 aromatic heterocycles. The number of aromatic nitrogens is 2. The SMILES string of the molecule is CCC[C@@H](C)N[C@@H]1CCn2c(=O)[nH]c3cccc(c32)[C@H]1O. The Balaban J connectivity index is 1.97. The number of aliphatic hydroxyl groups excluding tert-OH is 1. The summed E-state index contributed by atoms with van der Waals surface area (Å²) in [6, 6.07) is 6.04. The number of aromatic amines is 1. The van der Waals surface area contributed by atoms with Gasteiger partial charge in [-0.15, -0.1) is 0 Å². The van der Waals surface area contributed by atoms with Crippen LogP contribution in [0.1, 0.15) is 44.8 Å². The molecule has 0 saturated carbocycles. The lowest BCUT2D eigenvalue weighted by Crippen LogP contribution is -2.40. The van der Waals surface area contributed by atoms with E-state index in [1.807, 2.05) is 18.2 Å². The predicted octanol–water partition coefficient (Wildman–Crippen LogP) is 1.91. The summed E-state index contributed by atoms with van der Waals surface area (Å²) in [5.74, 6) is 0. The van der Waals surface area contributed by atoms with Gasteiger partial charge in [-0.1, -0.05) is 25.5 Å². The zero-order valence-electron chi connectivity index (χ0n) is 12.6. The van der Waals surface area contributed by atoms with Crippen LogP contribution in [0.3, 0.4) is 0 Å². The van der Waals surface area contributed by atoms with Crippen LogP contribution in [0.25, 0.3) is 11.0 Å². The molecule has 0 saturated heterocycles. The highest BCUT2D eigenvalue weighted by Crippen LogP contribution is 2.29. The van der Waals surface area contributed by atoms with Crippen molar-refractivity contribution in [2.24, 2.45) is 0 Å².